The van der Waals surface area contributed by atoms with Gasteiger partial charge in [0.15, 0.2) is 0 Å². The summed E-state index contributed by atoms with van der Waals surface area (Å²) in [5.74, 6) is 0. The summed E-state index contributed by atoms with van der Waals surface area (Å²) in [4.78, 5) is 0.363. The summed E-state index contributed by atoms with van der Waals surface area (Å²) in [5, 5.41) is 5.20. The molecule has 1 aromatic heterocycles. The van der Waals surface area contributed by atoms with Crippen LogP contribution < -0.4 is 5.32 Å². The summed E-state index contributed by atoms with van der Waals surface area (Å²) < 4.78 is 27.7. The van der Waals surface area contributed by atoms with E-state index in [-0.39, 0.29) is 0 Å². The molecule has 0 unspecified atom stereocenters. The molecule has 1 aliphatic heterocycles. The van der Waals surface area contributed by atoms with E-state index in [4.69, 9.17) is 0 Å². The lowest BCUT2D eigenvalue weighted by atomic mass is 10.2. The van der Waals surface area contributed by atoms with Crippen LogP contribution in [0.1, 0.15) is 11.1 Å². The van der Waals surface area contributed by atoms with E-state index >= 15 is 0 Å². The Morgan fingerprint density at radius 1 is 1.38 bits per heavy atom. The predicted octanol–water partition coefficient (Wildman–Crippen LogP) is 3.30. The van der Waals surface area contributed by atoms with E-state index in [9.17, 15) is 8.42 Å². The standard InChI is InChI=1S/C14H15BrN2O2S2/c1-17(8-10-6-14(15)20-9-10)21(18,19)12-2-3-13-11(7-12)4-5-16-13/h2-3,6-7,9,16H,4-5,8H2,1H3. The molecule has 0 fully saturated rings. The molecule has 1 N–H and O–H groups in total. The molecule has 2 aromatic rings. The van der Waals surface area contributed by atoms with Gasteiger partial charge in [0.2, 0.25) is 10.0 Å². The average molecular weight is 387 g/mol. The van der Waals surface area contributed by atoms with Crippen LogP contribution in [0.15, 0.2) is 38.3 Å². The van der Waals surface area contributed by atoms with Crippen molar-refractivity contribution in [3.8, 4) is 0 Å². The van der Waals surface area contributed by atoms with E-state index in [0.29, 0.717) is 11.4 Å². The fourth-order valence-corrected chi connectivity index (χ4v) is 4.80. The maximum absolute atomic E-state index is 12.6. The van der Waals surface area contributed by atoms with Crippen molar-refractivity contribution >= 4 is 43.0 Å². The van der Waals surface area contributed by atoms with E-state index in [0.717, 1.165) is 33.6 Å². The van der Waals surface area contributed by atoms with Crippen LogP contribution in [-0.4, -0.2) is 26.3 Å². The molecule has 0 radical (unpaired) electrons. The molecule has 112 valence electrons. The zero-order chi connectivity index (χ0) is 15.0. The topological polar surface area (TPSA) is 49.4 Å². The molecule has 0 aliphatic carbocycles. The van der Waals surface area contributed by atoms with Crippen LogP contribution in [0, 0.1) is 0 Å². The number of nitrogens with zero attached hydrogens (tertiary/aromatic N) is 1. The highest BCUT2D eigenvalue weighted by molar-refractivity contribution is 9.11. The van der Waals surface area contributed by atoms with Crippen molar-refractivity contribution in [2.24, 2.45) is 0 Å². The predicted molar refractivity (Wildman–Crippen MR) is 89.3 cm³/mol. The molecule has 0 spiro atoms. The Morgan fingerprint density at radius 2 is 2.19 bits per heavy atom. The van der Waals surface area contributed by atoms with Gasteiger partial charge in [-0.05, 0) is 63.1 Å². The molecule has 21 heavy (non-hydrogen) atoms. The van der Waals surface area contributed by atoms with Crippen molar-refractivity contribution in [2.75, 3.05) is 18.9 Å². The molecular weight excluding hydrogens is 372 g/mol. The third-order valence-electron chi connectivity index (χ3n) is 3.52. The van der Waals surface area contributed by atoms with Crippen molar-refractivity contribution in [1.29, 1.82) is 0 Å². The Morgan fingerprint density at radius 3 is 2.90 bits per heavy atom. The number of sulfonamides is 1. The zero-order valence-corrected chi connectivity index (χ0v) is 14.7. The van der Waals surface area contributed by atoms with Crippen LogP contribution in [0.2, 0.25) is 0 Å². The Hall–Kier alpha value is -0.890. The molecule has 0 bridgehead atoms. The summed E-state index contributed by atoms with van der Waals surface area (Å²) in [6.45, 7) is 1.25. The molecule has 0 saturated heterocycles. The first kappa shape index (κ1) is 15.0. The highest BCUT2D eigenvalue weighted by Gasteiger charge is 2.23. The minimum atomic E-state index is -3.45. The van der Waals surface area contributed by atoms with Gasteiger partial charge in [-0.1, -0.05) is 0 Å². The minimum Gasteiger partial charge on any atom is -0.384 e. The second kappa shape index (κ2) is 5.72. The van der Waals surface area contributed by atoms with Crippen molar-refractivity contribution < 1.29 is 8.42 Å². The molecule has 1 aromatic carbocycles. The van der Waals surface area contributed by atoms with E-state index in [1.165, 1.54) is 4.31 Å². The van der Waals surface area contributed by atoms with Crippen LogP contribution in [0.4, 0.5) is 5.69 Å². The summed E-state index contributed by atoms with van der Waals surface area (Å²) in [6.07, 6.45) is 0.875. The summed E-state index contributed by atoms with van der Waals surface area (Å²) in [6, 6.07) is 7.25. The summed E-state index contributed by atoms with van der Waals surface area (Å²) >= 11 is 4.95. The number of thiophene rings is 1. The van der Waals surface area contributed by atoms with Crippen LogP contribution in [0.5, 0.6) is 0 Å². The van der Waals surface area contributed by atoms with Gasteiger partial charge in [-0.25, -0.2) is 8.42 Å². The van der Waals surface area contributed by atoms with E-state index in [1.807, 2.05) is 17.5 Å². The molecule has 1 aliphatic rings. The minimum absolute atomic E-state index is 0.363. The van der Waals surface area contributed by atoms with Gasteiger partial charge in [0.1, 0.15) is 0 Å². The second-order valence-corrected chi connectivity index (χ2v) is 9.35. The van der Waals surface area contributed by atoms with Gasteiger partial charge in [0, 0.05) is 25.8 Å². The van der Waals surface area contributed by atoms with Crippen molar-refractivity contribution in [3.63, 3.8) is 0 Å². The van der Waals surface area contributed by atoms with E-state index in [1.54, 1.807) is 30.5 Å². The lowest BCUT2D eigenvalue weighted by molar-refractivity contribution is 0.467. The SMILES string of the molecule is CN(Cc1csc(Br)c1)S(=O)(=O)c1ccc2c(c1)CCN2. The fourth-order valence-electron chi connectivity index (χ4n) is 2.39. The third-order valence-corrected chi connectivity index (χ3v) is 6.87. The quantitative estimate of drug-likeness (QED) is 0.876. The van der Waals surface area contributed by atoms with Gasteiger partial charge in [-0.2, -0.15) is 4.31 Å². The number of nitrogens with one attached hydrogen (secondary N) is 1. The van der Waals surface area contributed by atoms with E-state index in [2.05, 4.69) is 21.2 Å². The van der Waals surface area contributed by atoms with Gasteiger partial charge >= 0.3 is 0 Å². The molecule has 0 atom stereocenters. The monoisotopic (exact) mass is 386 g/mol. The van der Waals surface area contributed by atoms with Crippen molar-refractivity contribution in [1.82, 2.24) is 4.31 Å². The van der Waals surface area contributed by atoms with Crippen LogP contribution in [0.3, 0.4) is 0 Å². The maximum atomic E-state index is 12.6. The Balaban J connectivity index is 1.85. The van der Waals surface area contributed by atoms with Gasteiger partial charge in [0.05, 0.1) is 8.68 Å². The first-order chi connectivity index (χ1) is 9.96. The maximum Gasteiger partial charge on any atom is 0.243 e. The Bertz CT molecular complexity index is 771. The highest BCUT2D eigenvalue weighted by atomic mass is 79.9. The molecule has 0 saturated carbocycles. The molecule has 2 heterocycles. The number of benzene rings is 1. The fraction of sp³-hybridized carbons (Fsp3) is 0.286. The summed E-state index contributed by atoms with van der Waals surface area (Å²) in [7, 11) is -1.84. The lowest BCUT2D eigenvalue weighted by Crippen LogP contribution is -2.26. The number of hydrogen-bond acceptors (Lipinski definition) is 4. The lowest BCUT2D eigenvalue weighted by Gasteiger charge is -2.17. The Kier molecular flexibility index (Phi) is 4.09. The molecule has 4 nitrogen and oxygen atoms in total. The summed E-state index contributed by atoms with van der Waals surface area (Å²) in [5.41, 5.74) is 3.10. The van der Waals surface area contributed by atoms with Crippen molar-refractivity contribution in [2.45, 2.75) is 17.9 Å². The Labute approximate surface area is 137 Å². The molecule has 3 rings (SSSR count). The first-order valence-corrected chi connectivity index (χ1v) is 9.64. The van der Waals surface area contributed by atoms with Gasteiger partial charge in [-0.3, -0.25) is 0 Å². The van der Waals surface area contributed by atoms with Crippen molar-refractivity contribution in [3.05, 3.63) is 44.6 Å². The number of rotatable bonds is 4. The van der Waals surface area contributed by atoms with Gasteiger partial charge < -0.3 is 5.32 Å². The highest BCUT2D eigenvalue weighted by Crippen LogP contribution is 2.27. The second-order valence-electron chi connectivity index (χ2n) is 5.02. The van der Waals surface area contributed by atoms with E-state index < -0.39 is 10.0 Å². The largest absolute Gasteiger partial charge is 0.384 e. The van der Waals surface area contributed by atoms with Crippen LogP contribution in [0.25, 0.3) is 0 Å². The number of anilines is 1. The number of hydrogen-bond donors (Lipinski definition) is 1. The number of fused-ring (bicyclic) bond motifs is 1. The normalized spacial score (nSPS) is 14.2. The van der Waals surface area contributed by atoms with Gasteiger partial charge in [-0.15, -0.1) is 11.3 Å². The molecular formula is C14H15BrN2O2S2. The first-order valence-electron chi connectivity index (χ1n) is 6.53. The zero-order valence-electron chi connectivity index (χ0n) is 11.5. The van der Waals surface area contributed by atoms with Gasteiger partial charge in [0.25, 0.3) is 0 Å². The van der Waals surface area contributed by atoms with Crippen LogP contribution >= 0.6 is 27.3 Å². The molecule has 0 amide bonds. The smallest absolute Gasteiger partial charge is 0.243 e. The average Bonchev–Trinajstić information content (AvgIpc) is 3.06. The third kappa shape index (κ3) is 3.01. The molecule has 7 heteroatoms. The number of halogens is 1. The van der Waals surface area contributed by atoms with Crippen LogP contribution in [-0.2, 0) is 23.0 Å².